The van der Waals surface area contributed by atoms with Crippen LogP contribution in [0.2, 0.25) is 0 Å². The first-order valence-electron chi connectivity index (χ1n) is 9.12. The molecule has 0 aliphatic heterocycles. The summed E-state index contributed by atoms with van der Waals surface area (Å²) in [6.07, 6.45) is 2.83. The van der Waals surface area contributed by atoms with E-state index < -0.39 is 24.4 Å². The van der Waals surface area contributed by atoms with E-state index in [1.807, 2.05) is 36.4 Å². The number of hydrazine groups is 1. The third-order valence-corrected chi connectivity index (χ3v) is 4.18. The van der Waals surface area contributed by atoms with Crippen LogP contribution in [0.4, 0.5) is 0 Å². The van der Waals surface area contributed by atoms with Crippen LogP contribution in [0.25, 0.3) is 16.8 Å². The Morgan fingerprint density at radius 2 is 1.63 bits per heavy atom. The molecule has 0 bridgehead atoms. The van der Waals surface area contributed by atoms with Crippen molar-refractivity contribution in [3.8, 4) is 5.75 Å². The van der Waals surface area contributed by atoms with Crippen molar-refractivity contribution in [1.82, 2.24) is 10.9 Å². The summed E-state index contributed by atoms with van der Waals surface area (Å²) in [5, 5.41) is 2.02. The number of carbonyl (C=O) groups is 3. The fraction of sp³-hybridized carbons (Fsp3) is 0.0870. The summed E-state index contributed by atoms with van der Waals surface area (Å²) in [6.45, 7) is -0.518. The molecular formula is C23H20N2O5. The summed E-state index contributed by atoms with van der Waals surface area (Å²) in [4.78, 5) is 35.4. The molecule has 30 heavy (non-hydrogen) atoms. The zero-order valence-corrected chi connectivity index (χ0v) is 16.3. The molecule has 0 heterocycles. The molecule has 152 valence electrons. The first-order chi connectivity index (χ1) is 14.5. The van der Waals surface area contributed by atoms with Crippen LogP contribution in [0.1, 0.15) is 15.9 Å². The number of methoxy groups -OCH3 is 1. The fourth-order valence-electron chi connectivity index (χ4n) is 2.65. The van der Waals surface area contributed by atoms with Gasteiger partial charge >= 0.3 is 5.97 Å². The molecule has 0 saturated heterocycles. The largest absolute Gasteiger partial charge is 0.497 e. The highest BCUT2D eigenvalue weighted by Crippen LogP contribution is 2.22. The Kier molecular flexibility index (Phi) is 6.78. The average molecular weight is 404 g/mol. The van der Waals surface area contributed by atoms with Gasteiger partial charge in [0.1, 0.15) is 5.75 Å². The molecule has 3 rings (SSSR count). The van der Waals surface area contributed by atoms with Crippen LogP contribution in [0.3, 0.4) is 0 Å². The molecule has 3 aromatic carbocycles. The highest BCUT2D eigenvalue weighted by Gasteiger charge is 2.08. The Labute approximate surface area is 173 Å². The zero-order valence-electron chi connectivity index (χ0n) is 16.3. The highest BCUT2D eigenvalue weighted by atomic mass is 16.5. The van der Waals surface area contributed by atoms with Crippen LogP contribution in [0, 0.1) is 0 Å². The van der Waals surface area contributed by atoms with E-state index >= 15 is 0 Å². The minimum absolute atomic E-state index is 0.395. The third kappa shape index (κ3) is 5.68. The van der Waals surface area contributed by atoms with Crippen molar-refractivity contribution in [1.29, 1.82) is 0 Å². The normalized spacial score (nSPS) is 10.6. The molecule has 7 heteroatoms. The van der Waals surface area contributed by atoms with E-state index in [4.69, 9.17) is 9.47 Å². The highest BCUT2D eigenvalue weighted by molar-refractivity contribution is 5.96. The zero-order chi connectivity index (χ0) is 21.3. The second kappa shape index (κ2) is 9.88. The van der Waals surface area contributed by atoms with E-state index in [9.17, 15) is 14.4 Å². The van der Waals surface area contributed by atoms with Gasteiger partial charge in [0.2, 0.25) is 0 Å². The predicted molar refractivity (Wildman–Crippen MR) is 113 cm³/mol. The lowest BCUT2D eigenvalue weighted by molar-refractivity contribution is -0.144. The number of amides is 2. The lowest BCUT2D eigenvalue weighted by Crippen LogP contribution is -2.43. The molecule has 2 N–H and O–H groups in total. The molecule has 7 nitrogen and oxygen atoms in total. The summed E-state index contributed by atoms with van der Waals surface area (Å²) in [6, 6.07) is 19.8. The second-order valence-corrected chi connectivity index (χ2v) is 6.28. The quantitative estimate of drug-likeness (QED) is 0.374. The van der Waals surface area contributed by atoms with Gasteiger partial charge in [0.05, 0.1) is 7.11 Å². The Morgan fingerprint density at radius 3 is 2.40 bits per heavy atom. The van der Waals surface area contributed by atoms with Gasteiger partial charge in [-0.2, -0.15) is 0 Å². The predicted octanol–water partition coefficient (Wildman–Crippen LogP) is 2.87. The van der Waals surface area contributed by atoms with E-state index in [2.05, 4.69) is 10.9 Å². The van der Waals surface area contributed by atoms with Gasteiger partial charge < -0.3 is 9.47 Å². The Balaban J connectivity index is 1.46. The van der Waals surface area contributed by atoms with Gasteiger partial charge in [0.15, 0.2) is 6.61 Å². The average Bonchev–Trinajstić information content (AvgIpc) is 2.79. The number of benzene rings is 3. The van der Waals surface area contributed by atoms with Crippen molar-refractivity contribution in [3.63, 3.8) is 0 Å². The standard InChI is InChI=1S/C23H20N2O5/c1-29-20-11-10-18-13-16(7-9-19(18)14-20)8-12-22(27)30-15-21(26)24-25-23(28)17-5-3-2-4-6-17/h2-14H,15H2,1H3,(H,24,26)(H,25,28)/b12-8+. The van der Waals surface area contributed by atoms with E-state index in [0.29, 0.717) is 5.56 Å². The Hall–Kier alpha value is -4.13. The topological polar surface area (TPSA) is 93.7 Å². The molecule has 0 aromatic heterocycles. The van der Waals surface area contributed by atoms with Gasteiger partial charge in [-0.15, -0.1) is 0 Å². The maximum atomic E-state index is 11.8. The summed E-state index contributed by atoms with van der Waals surface area (Å²) in [7, 11) is 1.61. The molecule has 0 spiro atoms. The van der Waals surface area contributed by atoms with Crippen LogP contribution in [-0.2, 0) is 14.3 Å². The van der Waals surface area contributed by atoms with Crippen molar-refractivity contribution in [2.45, 2.75) is 0 Å². The summed E-state index contributed by atoms with van der Waals surface area (Å²) in [5.41, 5.74) is 5.64. The van der Waals surface area contributed by atoms with Gasteiger partial charge in [-0.25, -0.2) is 4.79 Å². The lowest BCUT2D eigenvalue weighted by atomic mass is 10.1. The number of hydrogen-bond acceptors (Lipinski definition) is 5. The maximum Gasteiger partial charge on any atom is 0.331 e. The van der Waals surface area contributed by atoms with Crippen molar-refractivity contribution in [3.05, 3.63) is 83.9 Å². The maximum absolute atomic E-state index is 11.8. The lowest BCUT2D eigenvalue weighted by Gasteiger charge is -2.07. The molecule has 0 fully saturated rings. The number of fused-ring (bicyclic) bond motifs is 1. The smallest absolute Gasteiger partial charge is 0.331 e. The fourth-order valence-corrected chi connectivity index (χ4v) is 2.65. The molecular weight excluding hydrogens is 384 g/mol. The van der Waals surface area contributed by atoms with Crippen LogP contribution in [0.15, 0.2) is 72.8 Å². The SMILES string of the molecule is COc1ccc2cc(/C=C/C(=O)OCC(=O)NNC(=O)c3ccccc3)ccc2c1. The molecule has 0 radical (unpaired) electrons. The van der Waals surface area contributed by atoms with Crippen LogP contribution in [0.5, 0.6) is 5.75 Å². The Morgan fingerprint density at radius 1 is 0.900 bits per heavy atom. The minimum atomic E-state index is -0.672. The molecule has 3 aromatic rings. The van der Waals surface area contributed by atoms with Gasteiger partial charge in [-0.1, -0.05) is 36.4 Å². The molecule has 0 aliphatic rings. The summed E-state index contributed by atoms with van der Waals surface area (Å²) in [5.74, 6) is -1.02. The van der Waals surface area contributed by atoms with Crippen molar-refractivity contribution < 1.29 is 23.9 Å². The van der Waals surface area contributed by atoms with Gasteiger partial charge in [-0.05, 0) is 52.7 Å². The minimum Gasteiger partial charge on any atom is -0.497 e. The Bertz CT molecular complexity index is 1090. The first kappa shape index (κ1) is 20.6. The van der Waals surface area contributed by atoms with Gasteiger partial charge in [0.25, 0.3) is 11.8 Å². The van der Waals surface area contributed by atoms with Crippen molar-refractivity contribution >= 4 is 34.6 Å². The molecule has 0 aliphatic carbocycles. The van der Waals surface area contributed by atoms with E-state index in [-0.39, 0.29) is 0 Å². The van der Waals surface area contributed by atoms with E-state index in [1.165, 1.54) is 6.08 Å². The van der Waals surface area contributed by atoms with E-state index in [0.717, 1.165) is 22.1 Å². The summed E-state index contributed by atoms with van der Waals surface area (Å²) < 4.78 is 10.1. The molecule has 2 amide bonds. The summed E-state index contributed by atoms with van der Waals surface area (Å²) >= 11 is 0. The molecule has 0 unspecified atom stereocenters. The van der Waals surface area contributed by atoms with Crippen molar-refractivity contribution in [2.24, 2.45) is 0 Å². The number of esters is 1. The van der Waals surface area contributed by atoms with Crippen molar-refractivity contribution in [2.75, 3.05) is 13.7 Å². The molecule has 0 atom stereocenters. The van der Waals surface area contributed by atoms with Crippen LogP contribution >= 0.6 is 0 Å². The van der Waals surface area contributed by atoms with Gasteiger partial charge in [-0.3, -0.25) is 20.4 Å². The number of carbonyl (C=O) groups excluding carboxylic acids is 3. The first-order valence-corrected chi connectivity index (χ1v) is 9.12. The third-order valence-electron chi connectivity index (χ3n) is 4.18. The number of ether oxygens (including phenoxy) is 2. The second-order valence-electron chi connectivity index (χ2n) is 6.28. The molecule has 0 saturated carbocycles. The van der Waals surface area contributed by atoms with E-state index in [1.54, 1.807) is 43.5 Å². The number of nitrogens with one attached hydrogen (secondary N) is 2. The van der Waals surface area contributed by atoms with Crippen LogP contribution in [-0.4, -0.2) is 31.5 Å². The van der Waals surface area contributed by atoms with Gasteiger partial charge in [0, 0.05) is 11.6 Å². The number of rotatable bonds is 6. The number of hydrogen-bond donors (Lipinski definition) is 2. The van der Waals surface area contributed by atoms with Crippen LogP contribution < -0.4 is 15.6 Å². The monoisotopic (exact) mass is 404 g/mol.